The third-order valence-electron chi connectivity index (χ3n) is 3.59. The van der Waals surface area contributed by atoms with Crippen molar-refractivity contribution in [2.24, 2.45) is 0 Å². The quantitative estimate of drug-likeness (QED) is 0.559. The fraction of sp³-hybridized carbons (Fsp3) is 0.118. The van der Waals surface area contributed by atoms with E-state index in [-0.39, 0.29) is 18.1 Å². The Hall–Kier alpha value is -2.79. The summed E-state index contributed by atoms with van der Waals surface area (Å²) in [6, 6.07) is 12.5. The molecule has 0 aliphatic rings. The van der Waals surface area contributed by atoms with Crippen LogP contribution in [0.4, 0.5) is 0 Å². The highest BCUT2D eigenvalue weighted by atomic mass is 16.3. The van der Waals surface area contributed by atoms with Gasteiger partial charge in [0.25, 0.3) is 0 Å². The zero-order valence-corrected chi connectivity index (χ0v) is 12.0. The topological polar surface area (TPSA) is 89.4 Å². The van der Waals surface area contributed by atoms with E-state index in [2.05, 4.69) is 9.97 Å². The molecule has 3 aromatic rings. The van der Waals surface area contributed by atoms with Gasteiger partial charge in [-0.05, 0) is 30.2 Å². The maximum absolute atomic E-state index is 9.83. The molecule has 1 aromatic heterocycles. The van der Waals surface area contributed by atoms with Gasteiger partial charge in [0.1, 0.15) is 5.82 Å². The summed E-state index contributed by atoms with van der Waals surface area (Å²) in [5.41, 5.74) is 3.62. The Balaban J connectivity index is 2.23. The van der Waals surface area contributed by atoms with Gasteiger partial charge in [-0.15, -0.1) is 0 Å². The molecule has 5 nitrogen and oxygen atoms in total. The van der Waals surface area contributed by atoms with Gasteiger partial charge in [0, 0.05) is 11.3 Å². The molecule has 0 radical (unpaired) electrons. The third kappa shape index (κ3) is 2.42. The van der Waals surface area contributed by atoms with E-state index >= 15 is 0 Å². The van der Waals surface area contributed by atoms with Crippen molar-refractivity contribution < 1.29 is 15.3 Å². The minimum Gasteiger partial charge on any atom is -0.504 e. The molecule has 0 spiro atoms. The number of H-pyrrole nitrogens is 1. The predicted octanol–water partition coefficient (Wildman–Crippen LogP) is 2.96. The minimum atomic E-state index is -0.214. The molecule has 0 aliphatic heterocycles. The Morgan fingerprint density at radius 1 is 1.00 bits per heavy atom. The number of nitrogens with zero attached hydrogens (tertiary/aromatic N) is 1. The lowest BCUT2D eigenvalue weighted by atomic mass is 9.98. The first kappa shape index (κ1) is 14.2. The number of nitrogens with one attached hydrogen (secondary N) is 1. The summed E-state index contributed by atoms with van der Waals surface area (Å²) in [4.78, 5) is 7.46. The number of aromatic amines is 1. The predicted molar refractivity (Wildman–Crippen MR) is 83.4 cm³/mol. The summed E-state index contributed by atoms with van der Waals surface area (Å²) in [5.74, 6) is 0.137. The van der Waals surface area contributed by atoms with Gasteiger partial charge >= 0.3 is 0 Å². The molecule has 0 bridgehead atoms. The summed E-state index contributed by atoms with van der Waals surface area (Å²) >= 11 is 0. The number of aliphatic hydroxyl groups excluding tert-OH is 1. The number of aromatic nitrogens is 2. The Kier molecular flexibility index (Phi) is 3.56. The lowest BCUT2D eigenvalue weighted by Crippen LogP contribution is -1.89. The number of hydrogen-bond donors (Lipinski definition) is 4. The van der Waals surface area contributed by atoms with Crippen LogP contribution in [0, 0.1) is 6.92 Å². The van der Waals surface area contributed by atoms with Gasteiger partial charge in [0.15, 0.2) is 11.5 Å². The number of aromatic hydroxyl groups is 2. The second-order valence-electron chi connectivity index (χ2n) is 5.07. The van der Waals surface area contributed by atoms with Crippen molar-refractivity contribution in [1.29, 1.82) is 0 Å². The molecule has 1 heterocycles. The number of hydrogen-bond acceptors (Lipinski definition) is 4. The van der Waals surface area contributed by atoms with Crippen LogP contribution in [0.25, 0.3) is 22.5 Å². The molecule has 0 amide bonds. The largest absolute Gasteiger partial charge is 0.504 e. The average molecular weight is 296 g/mol. The van der Waals surface area contributed by atoms with E-state index in [4.69, 9.17) is 0 Å². The van der Waals surface area contributed by atoms with Crippen LogP contribution >= 0.6 is 0 Å². The normalized spacial score (nSPS) is 10.8. The SMILES string of the molecule is Cc1[nH]c(-c2cc(O)c(O)cc2-c2ccccc2)nc1CO. The number of phenolic OH excluding ortho intramolecular Hbond substituents is 2. The Morgan fingerprint density at radius 2 is 1.64 bits per heavy atom. The monoisotopic (exact) mass is 296 g/mol. The van der Waals surface area contributed by atoms with Crippen molar-refractivity contribution in [3.8, 4) is 34.0 Å². The third-order valence-corrected chi connectivity index (χ3v) is 3.59. The Labute approximate surface area is 127 Å². The van der Waals surface area contributed by atoms with Crippen molar-refractivity contribution in [1.82, 2.24) is 9.97 Å². The van der Waals surface area contributed by atoms with Crippen molar-refractivity contribution in [3.05, 3.63) is 53.9 Å². The highest BCUT2D eigenvalue weighted by Crippen LogP contribution is 2.38. The fourth-order valence-electron chi connectivity index (χ4n) is 2.41. The van der Waals surface area contributed by atoms with E-state index in [0.717, 1.165) is 16.8 Å². The standard InChI is InChI=1S/C17H16N2O3/c1-10-14(9-20)19-17(18-10)13-8-16(22)15(21)7-12(13)11-5-3-2-4-6-11/h2-8,20-22H,9H2,1H3,(H,18,19). The molecular formula is C17H16N2O3. The maximum Gasteiger partial charge on any atom is 0.158 e. The summed E-state index contributed by atoms with van der Waals surface area (Å²) in [6.07, 6.45) is 0. The first-order valence-corrected chi connectivity index (χ1v) is 6.88. The highest BCUT2D eigenvalue weighted by Gasteiger charge is 2.16. The highest BCUT2D eigenvalue weighted by molar-refractivity contribution is 5.83. The van der Waals surface area contributed by atoms with E-state index < -0.39 is 0 Å². The molecule has 0 unspecified atom stereocenters. The first-order valence-electron chi connectivity index (χ1n) is 6.88. The molecular weight excluding hydrogens is 280 g/mol. The molecule has 112 valence electrons. The zero-order chi connectivity index (χ0) is 15.7. The van der Waals surface area contributed by atoms with E-state index in [1.165, 1.54) is 12.1 Å². The van der Waals surface area contributed by atoms with E-state index in [1.54, 1.807) is 0 Å². The molecule has 5 heteroatoms. The Morgan fingerprint density at radius 3 is 2.23 bits per heavy atom. The molecule has 4 N–H and O–H groups in total. The second-order valence-corrected chi connectivity index (χ2v) is 5.07. The van der Waals surface area contributed by atoms with Crippen molar-refractivity contribution >= 4 is 0 Å². The van der Waals surface area contributed by atoms with Crippen LogP contribution in [-0.4, -0.2) is 25.3 Å². The van der Waals surface area contributed by atoms with Crippen LogP contribution in [0.1, 0.15) is 11.4 Å². The van der Waals surface area contributed by atoms with Gasteiger partial charge in [0.2, 0.25) is 0 Å². The van der Waals surface area contributed by atoms with Gasteiger partial charge in [-0.3, -0.25) is 0 Å². The van der Waals surface area contributed by atoms with Crippen LogP contribution in [0.5, 0.6) is 11.5 Å². The molecule has 2 aromatic carbocycles. The summed E-state index contributed by atoms with van der Waals surface area (Å²) < 4.78 is 0. The van der Waals surface area contributed by atoms with Crippen LogP contribution in [0.15, 0.2) is 42.5 Å². The zero-order valence-electron chi connectivity index (χ0n) is 12.0. The van der Waals surface area contributed by atoms with Gasteiger partial charge in [-0.1, -0.05) is 30.3 Å². The van der Waals surface area contributed by atoms with Crippen LogP contribution in [-0.2, 0) is 6.61 Å². The molecule has 3 rings (SSSR count). The number of aliphatic hydroxyl groups is 1. The van der Waals surface area contributed by atoms with Crippen LogP contribution in [0.2, 0.25) is 0 Å². The van der Waals surface area contributed by atoms with Crippen molar-refractivity contribution in [2.75, 3.05) is 0 Å². The minimum absolute atomic E-state index is 0.160. The van der Waals surface area contributed by atoms with Gasteiger partial charge in [-0.25, -0.2) is 4.98 Å². The number of imidazole rings is 1. The number of aryl methyl sites for hydroxylation is 1. The molecule has 0 atom stereocenters. The van der Waals surface area contributed by atoms with E-state index in [1.807, 2.05) is 37.3 Å². The number of phenols is 2. The average Bonchev–Trinajstić information content (AvgIpc) is 2.91. The van der Waals surface area contributed by atoms with E-state index in [9.17, 15) is 15.3 Å². The van der Waals surface area contributed by atoms with E-state index in [0.29, 0.717) is 17.1 Å². The van der Waals surface area contributed by atoms with Crippen LogP contribution in [0.3, 0.4) is 0 Å². The molecule has 0 aliphatic carbocycles. The van der Waals surface area contributed by atoms with Crippen molar-refractivity contribution in [2.45, 2.75) is 13.5 Å². The second kappa shape index (κ2) is 5.54. The summed E-state index contributed by atoms with van der Waals surface area (Å²) in [5, 5.41) is 28.9. The van der Waals surface area contributed by atoms with Crippen molar-refractivity contribution in [3.63, 3.8) is 0 Å². The molecule has 22 heavy (non-hydrogen) atoms. The number of benzene rings is 2. The van der Waals surface area contributed by atoms with Gasteiger partial charge in [-0.2, -0.15) is 0 Å². The van der Waals surface area contributed by atoms with Crippen LogP contribution < -0.4 is 0 Å². The smallest absolute Gasteiger partial charge is 0.158 e. The molecule has 0 saturated carbocycles. The Bertz CT molecular complexity index is 810. The lowest BCUT2D eigenvalue weighted by molar-refractivity contribution is 0.276. The van der Waals surface area contributed by atoms with Gasteiger partial charge in [0.05, 0.1) is 12.3 Å². The van der Waals surface area contributed by atoms with Gasteiger partial charge < -0.3 is 20.3 Å². The summed E-state index contributed by atoms with van der Waals surface area (Å²) in [6.45, 7) is 1.66. The molecule has 0 saturated heterocycles. The molecule has 0 fully saturated rings. The lowest BCUT2D eigenvalue weighted by Gasteiger charge is -2.10. The first-order chi connectivity index (χ1) is 10.6. The number of rotatable bonds is 3. The summed E-state index contributed by atoms with van der Waals surface area (Å²) in [7, 11) is 0. The fourth-order valence-corrected chi connectivity index (χ4v) is 2.41. The maximum atomic E-state index is 9.83.